The van der Waals surface area contributed by atoms with Crippen LogP contribution in [0.25, 0.3) is 0 Å². The summed E-state index contributed by atoms with van der Waals surface area (Å²) in [6, 6.07) is 0. The Kier molecular flexibility index (Phi) is 6.91. The maximum Gasteiger partial charge on any atom is 0.225 e. The van der Waals surface area contributed by atoms with Gasteiger partial charge in [0.1, 0.15) is 6.10 Å². The number of hydrogen-bond donors (Lipinski definition) is 3. The monoisotopic (exact) mass is 370 g/mol. The Morgan fingerprint density at radius 3 is 2.08 bits per heavy atom. The Morgan fingerprint density at radius 1 is 0.962 bits per heavy atom. The summed E-state index contributed by atoms with van der Waals surface area (Å²) in [6.45, 7) is 3.21. The van der Waals surface area contributed by atoms with Crippen LogP contribution in [-0.4, -0.2) is 95.3 Å². The molecule has 0 spiro atoms. The molecule has 0 aromatic carbocycles. The zero-order valence-electron chi connectivity index (χ0n) is 15.8. The van der Waals surface area contributed by atoms with Crippen LogP contribution in [0.4, 0.5) is 0 Å². The molecule has 150 valence electrons. The smallest absolute Gasteiger partial charge is 0.225 e. The van der Waals surface area contributed by atoms with Gasteiger partial charge in [-0.05, 0) is 44.4 Å². The lowest BCUT2D eigenvalue weighted by molar-refractivity contribution is -0.139. The van der Waals surface area contributed by atoms with Crippen LogP contribution in [0.1, 0.15) is 38.5 Å². The first-order valence-corrected chi connectivity index (χ1v) is 10.1. The molecule has 0 bridgehead atoms. The molecule has 0 radical (unpaired) electrons. The minimum atomic E-state index is -1.04. The van der Waals surface area contributed by atoms with E-state index in [0.29, 0.717) is 31.0 Å². The van der Waals surface area contributed by atoms with E-state index in [2.05, 4.69) is 0 Å². The predicted octanol–water partition coefficient (Wildman–Crippen LogP) is -0.171. The summed E-state index contributed by atoms with van der Waals surface area (Å²) >= 11 is 0. The largest absolute Gasteiger partial charge is 0.389 e. The molecular weight excluding hydrogens is 336 g/mol. The van der Waals surface area contributed by atoms with Crippen LogP contribution in [-0.2, 0) is 9.53 Å². The number of carbonyl (C=O) groups excluding carboxylic acids is 1. The molecule has 2 heterocycles. The second-order valence-corrected chi connectivity index (χ2v) is 8.32. The van der Waals surface area contributed by atoms with Crippen LogP contribution in [0.3, 0.4) is 0 Å². The number of ether oxygens (including phenoxy) is 1. The van der Waals surface area contributed by atoms with Crippen molar-refractivity contribution in [1.29, 1.82) is 0 Å². The van der Waals surface area contributed by atoms with Gasteiger partial charge in [0, 0.05) is 45.8 Å². The number of piperidine rings is 2. The number of carbonyl (C=O) groups is 1. The van der Waals surface area contributed by atoms with Crippen LogP contribution >= 0.6 is 0 Å². The van der Waals surface area contributed by atoms with Crippen molar-refractivity contribution in [2.75, 3.05) is 39.8 Å². The zero-order valence-corrected chi connectivity index (χ0v) is 15.8. The van der Waals surface area contributed by atoms with Crippen molar-refractivity contribution in [3.05, 3.63) is 0 Å². The number of aliphatic hydroxyl groups excluding tert-OH is 3. The van der Waals surface area contributed by atoms with Crippen LogP contribution in [0.15, 0.2) is 0 Å². The minimum absolute atomic E-state index is 0.159. The molecule has 2 saturated heterocycles. The molecule has 2 aliphatic heterocycles. The minimum Gasteiger partial charge on any atom is -0.389 e. The van der Waals surface area contributed by atoms with E-state index < -0.39 is 18.3 Å². The molecule has 1 amide bonds. The summed E-state index contributed by atoms with van der Waals surface area (Å²) in [6.07, 6.45) is 3.26. The predicted molar refractivity (Wildman–Crippen MR) is 96.5 cm³/mol. The van der Waals surface area contributed by atoms with Gasteiger partial charge in [-0.2, -0.15) is 0 Å². The first-order chi connectivity index (χ1) is 12.5. The van der Waals surface area contributed by atoms with Crippen molar-refractivity contribution in [3.63, 3.8) is 0 Å². The zero-order chi connectivity index (χ0) is 18.7. The van der Waals surface area contributed by atoms with E-state index in [9.17, 15) is 20.1 Å². The third-order valence-corrected chi connectivity index (χ3v) is 6.48. The summed E-state index contributed by atoms with van der Waals surface area (Å²) < 4.78 is 5.39. The fraction of sp³-hybridized carbons (Fsp3) is 0.947. The van der Waals surface area contributed by atoms with E-state index in [1.165, 1.54) is 0 Å². The van der Waals surface area contributed by atoms with Crippen LogP contribution in [0.2, 0.25) is 0 Å². The van der Waals surface area contributed by atoms with Crippen molar-refractivity contribution in [3.8, 4) is 0 Å². The Labute approximate surface area is 155 Å². The van der Waals surface area contributed by atoms with Gasteiger partial charge in [-0.25, -0.2) is 0 Å². The van der Waals surface area contributed by atoms with Gasteiger partial charge in [0.15, 0.2) is 0 Å². The summed E-state index contributed by atoms with van der Waals surface area (Å²) in [4.78, 5) is 16.8. The van der Waals surface area contributed by atoms with Gasteiger partial charge in [-0.3, -0.25) is 9.69 Å². The van der Waals surface area contributed by atoms with Gasteiger partial charge >= 0.3 is 0 Å². The quantitative estimate of drug-likeness (QED) is 0.636. The lowest BCUT2D eigenvalue weighted by Gasteiger charge is -2.41. The normalized spacial score (nSPS) is 37.7. The second-order valence-electron chi connectivity index (χ2n) is 8.32. The van der Waals surface area contributed by atoms with Crippen LogP contribution < -0.4 is 0 Å². The molecule has 3 aliphatic rings. The van der Waals surface area contributed by atoms with E-state index in [-0.39, 0.29) is 5.92 Å². The van der Waals surface area contributed by atoms with Crippen LogP contribution in [0, 0.1) is 11.8 Å². The lowest BCUT2D eigenvalue weighted by atomic mass is 9.85. The Morgan fingerprint density at radius 2 is 1.54 bits per heavy atom. The number of methoxy groups -OCH3 is 1. The molecule has 3 atom stereocenters. The number of aliphatic hydroxyl groups is 3. The molecule has 7 heteroatoms. The molecule has 7 nitrogen and oxygen atoms in total. The molecular formula is C19H34N2O5. The van der Waals surface area contributed by atoms with Crippen molar-refractivity contribution < 1.29 is 24.9 Å². The second kappa shape index (κ2) is 8.97. The van der Waals surface area contributed by atoms with Crippen LogP contribution in [0.5, 0.6) is 0 Å². The van der Waals surface area contributed by atoms with Gasteiger partial charge < -0.3 is 25.0 Å². The average molecular weight is 370 g/mol. The molecule has 1 saturated carbocycles. The number of hydrogen-bond acceptors (Lipinski definition) is 6. The maximum absolute atomic E-state index is 12.7. The van der Waals surface area contributed by atoms with Crippen molar-refractivity contribution in [2.24, 2.45) is 11.8 Å². The van der Waals surface area contributed by atoms with E-state index in [0.717, 1.165) is 58.2 Å². The van der Waals surface area contributed by atoms with Crippen molar-refractivity contribution in [1.82, 2.24) is 9.80 Å². The molecule has 3 fully saturated rings. The molecule has 0 aromatic rings. The number of nitrogens with zero attached hydrogens (tertiary/aromatic N) is 2. The number of rotatable bonds is 4. The topological polar surface area (TPSA) is 93.5 Å². The van der Waals surface area contributed by atoms with Gasteiger partial charge in [0.25, 0.3) is 0 Å². The van der Waals surface area contributed by atoms with Gasteiger partial charge in [-0.1, -0.05) is 0 Å². The standard InChI is InChI=1S/C19H34N2O5/c1-26-15-4-2-14(3-5-15)19(25)21-8-6-13(7-9-21)10-20-11-16(22)18(24)17(23)12-20/h13-18,22-24H,2-12H2,1H3/t14?,15?,16-,17+,18?. The highest BCUT2D eigenvalue weighted by Crippen LogP contribution is 2.29. The van der Waals surface area contributed by atoms with Crippen molar-refractivity contribution in [2.45, 2.75) is 62.9 Å². The maximum atomic E-state index is 12.7. The average Bonchev–Trinajstić information content (AvgIpc) is 2.66. The van der Waals surface area contributed by atoms with E-state index in [1.807, 2.05) is 9.80 Å². The summed E-state index contributed by atoms with van der Waals surface area (Å²) in [5.41, 5.74) is 0. The van der Waals surface area contributed by atoms with Crippen molar-refractivity contribution >= 4 is 5.91 Å². The molecule has 3 N–H and O–H groups in total. The fourth-order valence-corrected chi connectivity index (χ4v) is 4.73. The Bertz CT molecular complexity index is 449. The Balaban J connectivity index is 1.41. The molecule has 1 unspecified atom stereocenters. The molecule has 1 aliphatic carbocycles. The summed E-state index contributed by atoms with van der Waals surface area (Å²) in [5, 5.41) is 29.3. The van der Waals surface area contributed by atoms with Gasteiger partial charge in [-0.15, -0.1) is 0 Å². The number of likely N-dealkylation sites (tertiary alicyclic amines) is 2. The van der Waals surface area contributed by atoms with E-state index in [1.54, 1.807) is 7.11 Å². The lowest BCUT2D eigenvalue weighted by Crippen LogP contribution is -2.56. The summed E-state index contributed by atoms with van der Waals surface area (Å²) in [7, 11) is 1.75. The fourth-order valence-electron chi connectivity index (χ4n) is 4.73. The Hall–Kier alpha value is -0.730. The van der Waals surface area contributed by atoms with E-state index in [4.69, 9.17) is 4.74 Å². The first kappa shape index (κ1) is 20.0. The SMILES string of the molecule is COC1CCC(C(=O)N2CCC(CN3C[C@@H](O)C(O)[C@@H](O)C3)CC2)CC1. The highest BCUT2D eigenvalue weighted by atomic mass is 16.5. The highest BCUT2D eigenvalue weighted by molar-refractivity contribution is 5.79. The number of amides is 1. The van der Waals surface area contributed by atoms with E-state index >= 15 is 0 Å². The third-order valence-electron chi connectivity index (χ3n) is 6.48. The third kappa shape index (κ3) is 4.75. The van der Waals surface area contributed by atoms with Gasteiger partial charge in [0.2, 0.25) is 5.91 Å². The molecule has 26 heavy (non-hydrogen) atoms. The number of β-amino-alcohol motifs (C(OH)–C–C–N with tert-alkyl or cyclic N) is 2. The summed E-state index contributed by atoms with van der Waals surface area (Å²) in [5.74, 6) is 0.940. The molecule has 3 rings (SSSR count). The highest BCUT2D eigenvalue weighted by Gasteiger charge is 2.35. The van der Waals surface area contributed by atoms with Gasteiger partial charge in [0.05, 0.1) is 18.3 Å². The molecule has 0 aromatic heterocycles. The first-order valence-electron chi connectivity index (χ1n) is 10.1.